The monoisotopic (exact) mass is 328 g/mol. The van der Waals surface area contributed by atoms with Crippen molar-refractivity contribution in [2.24, 2.45) is 0 Å². The molecule has 1 aromatic heterocycles. The van der Waals surface area contributed by atoms with Gasteiger partial charge < -0.3 is 15.1 Å². The molecule has 0 saturated carbocycles. The molecule has 3 rings (SSSR count). The molecule has 0 unspecified atom stereocenters. The maximum atomic E-state index is 12.9. The molecule has 2 amide bonds. The number of halogens is 1. The summed E-state index contributed by atoms with van der Waals surface area (Å²) in [5.74, 6) is -0.469. The van der Waals surface area contributed by atoms with Crippen LogP contribution < -0.4 is 5.32 Å². The topological polar surface area (TPSA) is 65.5 Å². The van der Waals surface area contributed by atoms with Crippen LogP contribution in [0.3, 0.4) is 0 Å². The number of nitrogens with one attached hydrogen (secondary N) is 1. The van der Waals surface area contributed by atoms with Crippen molar-refractivity contribution in [3.63, 3.8) is 0 Å². The Hall–Kier alpha value is -2.96. The van der Waals surface area contributed by atoms with Crippen molar-refractivity contribution in [3.05, 3.63) is 54.1 Å². The molecule has 6 nitrogen and oxygen atoms in total. The summed E-state index contributed by atoms with van der Waals surface area (Å²) >= 11 is 0. The van der Waals surface area contributed by atoms with Gasteiger partial charge in [0.15, 0.2) is 0 Å². The quantitative estimate of drug-likeness (QED) is 0.871. The van der Waals surface area contributed by atoms with Crippen LogP contribution >= 0.6 is 0 Å². The SMILES string of the molecule is O=CN1CCN(C(=O)c2cc(Nc3ccc(F)cc3)ccn2)CC1. The zero-order valence-electron chi connectivity index (χ0n) is 13.0. The number of hydrogen-bond acceptors (Lipinski definition) is 4. The summed E-state index contributed by atoms with van der Waals surface area (Å²) < 4.78 is 12.9. The Morgan fingerprint density at radius 3 is 2.46 bits per heavy atom. The second-order valence-electron chi connectivity index (χ2n) is 5.50. The molecule has 1 aromatic carbocycles. The number of nitrogens with zero attached hydrogens (tertiary/aromatic N) is 3. The predicted octanol–water partition coefficient (Wildman–Crippen LogP) is 1.88. The van der Waals surface area contributed by atoms with E-state index >= 15 is 0 Å². The summed E-state index contributed by atoms with van der Waals surface area (Å²) in [7, 11) is 0. The van der Waals surface area contributed by atoms with Gasteiger partial charge in [-0.1, -0.05) is 0 Å². The van der Waals surface area contributed by atoms with Crippen LogP contribution in [-0.4, -0.2) is 53.3 Å². The van der Waals surface area contributed by atoms with Crippen LogP contribution in [0.1, 0.15) is 10.5 Å². The summed E-state index contributed by atoms with van der Waals surface area (Å²) in [5.41, 5.74) is 1.76. The summed E-state index contributed by atoms with van der Waals surface area (Å²) in [4.78, 5) is 30.7. The zero-order chi connectivity index (χ0) is 16.9. The molecular formula is C17H17FN4O2. The highest BCUT2D eigenvalue weighted by atomic mass is 19.1. The lowest BCUT2D eigenvalue weighted by atomic mass is 10.2. The van der Waals surface area contributed by atoms with E-state index in [0.717, 1.165) is 12.1 Å². The summed E-state index contributed by atoms with van der Waals surface area (Å²) in [6.07, 6.45) is 2.36. The smallest absolute Gasteiger partial charge is 0.272 e. The highest BCUT2D eigenvalue weighted by molar-refractivity contribution is 5.93. The standard InChI is InChI=1S/C17H17FN4O2/c18-13-1-3-14(4-2-13)20-15-5-6-19-16(11-15)17(24)22-9-7-21(12-23)8-10-22/h1-6,11-12H,7-10H2,(H,19,20). The van der Waals surface area contributed by atoms with Crippen molar-refractivity contribution >= 4 is 23.7 Å². The van der Waals surface area contributed by atoms with Gasteiger partial charge in [-0.15, -0.1) is 0 Å². The first-order chi connectivity index (χ1) is 11.7. The maximum Gasteiger partial charge on any atom is 0.272 e. The van der Waals surface area contributed by atoms with E-state index in [9.17, 15) is 14.0 Å². The molecule has 124 valence electrons. The molecule has 7 heteroatoms. The van der Waals surface area contributed by atoms with E-state index < -0.39 is 0 Å². The predicted molar refractivity (Wildman–Crippen MR) is 87.5 cm³/mol. The van der Waals surface area contributed by atoms with Gasteiger partial charge in [0.1, 0.15) is 11.5 Å². The Kier molecular flexibility index (Phi) is 4.69. The number of amides is 2. The molecule has 0 radical (unpaired) electrons. The first-order valence-electron chi connectivity index (χ1n) is 7.63. The van der Waals surface area contributed by atoms with Crippen molar-refractivity contribution in [1.29, 1.82) is 0 Å². The molecule has 2 aromatic rings. The van der Waals surface area contributed by atoms with Crippen molar-refractivity contribution in [2.75, 3.05) is 31.5 Å². The fraction of sp³-hybridized carbons (Fsp3) is 0.235. The minimum absolute atomic E-state index is 0.164. The zero-order valence-corrected chi connectivity index (χ0v) is 13.0. The van der Waals surface area contributed by atoms with E-state index in [1.165, 1.54) is 12.1 Å². The second kappa shape index (κ2) is 7.08. The number of aromatic nitrogens is 1. The minimum atomic E-state index is -0.305. The number of rotatable bonds is 4. The van der Waals surface area contributed by atoms with Gasteiger partial charge in [0.2, 0.25) is 6.41 Å². The number of benzene rings is 1. The van der Waals surface area contributed by atoms with Crippen molar-refractivity contribution in [1.82, 2.24) is 14.8 Å². The first kappa shape index (κ1) is 15.9. The first-order valence-corrected chi connectivity index (χ1v) is 7.63. The van der Waals surface area contributed by atoms with Gasteiger partial charge >= 0.3 is 0 Å². The van der Waals surface area contributed by atoms with E-state index in [1.54, 1.807) is 40.3 Å². The molecule has 0 bridgehead atoms. The molecule has 1 fully saturated rings. The molecule has 1 N–H and O–H groups in total. The molecular weight excluding hydrogens is 311 g/mol. The molecule has 1 saturated heterocycles. The summed E-state index contributed by atoms with van der Waals surface area (Å²) in [6, 6.07) is 9.37. The molecule has 1 aliphatic rings. The van der Waals surface area contributed by atoms with Crippen molar-refractivity contribution in [3.8, 4) is 0 Å². The van der Waals surface area contributed by atoms with Crippen LogP contribution in [0.2, 0.25) is 0 Å². The van der Waals surface area contributed by atoms with Gasteiger partial charge in [-0.2, -0.15) is 0 Å². The van der Waals surface area contributed by atoms with Gasteiger partial charge in [-0.3, -0.25) is 14.6 Å². The largest absolute Gasteiger partial charge is 0.355 e. The van der Waals surface area contributed by atoms with E-state index in [4.69, 9.17) is 0 Å². The van der Waals surface area contributed by atoms with Crippen molar-refractivity contribution < 1.29 is 14.0 Å². The van der Waals surface area contributed by atoms with Crippen LogP contribution in [0.5, 0.6) is 0 Å². The number of pyridine rings is 1. The number of hydrogen-bond donors (Lipinski definition) is 1. The second-order valence-corrected chi connectivity index (χ2v) is 5.50. The summed E-state index contributed by atoms with van der Waals surface area (Å²) in [6.45, 7) is 2.05. The average Bonchev–Trinajstić information content (AvgIpc) is 2.63. The molecule has 2 heterocycles. The van der Waals surface area contributed by atoms with E-state index in [-0.39, 0.29) is 11.7 Å². The Morgan fingerprint density at radius 1 is 1.08 bits per heavy atom. The number of carbonyl (C=O) groups excluding carboxylic acids is 2. The van der Waals surface area contributed by atoms with Gasteiger partial charge in [-0.25, -0.2) is 4.39 Å². The summed E-state index contributed by atoms with van der Waals surface area (Å²) in [5, 5.41) is 3.11. The Labute approximate surface area is 138 Å². The molecule has 0 spiro atoms. The number of piperazine rings is 1. The van der Waals surface area contributed by atoms with E-state index in [1.807, 2.05) is 0 Å². The highest BCUT2D eigenvalue weighted by Crippen LogP contribution is 2.18. The molecule has 0 aliphatic carbocycles. The third-order valence-corrected chi connectivity index (χ3v) is 3.86. The van der Waals surface area contributed by atoms with E-state index in [2.05, 4.69) is 10.3 Å². The normalized spacial score (nSPS) is 14.4. The lowest BCUT2D eigenvalue weighted by Gasteiger charge is -2.32. The van der Waals surface area contributed by atoms with Gasteiger partial charge in [0.25, 0.3) is 5.91 Å². The fourth-order valence-corrected chi connectivity index (χ4v) is 2.52. The molecule has 24 heavy (non-hydrogen) atoms. The van der Waals surface area contributed by atoms with Crippen LogP contribution in [0.4, 0.5) is 15.8 Å². The van der Waals surface area contributed by atoms with Gasteiger partial charge in [-0.05, 0) is 36.4 Å². The van der Waals surface area contributed by atoms with Crippen molar-refractivity contribution in [2.45, 2.75) is 0 Å². The Morgan fingerprint density at radius 2 is 1.79 bits per heavy atom. The third-order valence-electron chi connectivity index (χ3n) is 3.86. The lowest BCUT2D eigenvalue weighted by Crippen LogP contribution is -2.48. The molecule has 1 aliphatic heterocycles. The van der Waals surface area contributed by atoms with Gasteiger partial charge in [0.05, 0.1) is 0 Å². The van der Waals surface area contributed by atoms with E-state index in [0.29, 0.717) is 37.6 Å². The fourth-order valence-electron chi connectivity index (χ4n) is 2.52. The van der Waals surface area contributed by atoms with Crippen LogP contribution in [0, 0.1) is 5.82 Å². The lowest BCUT2D eigenvalue weighted by molar-refractivity contribution is -0.119. The third kappa shape index (κ3) is 3.68. The highest BCUT2D eigenvalue weighted by Gasteiger charge is 2.22. The maximum absolute atomic E-state index is 12.9. The Bertz CT molecular complexity index is 728. The van der Waals surface area contributed by atoms with Crippen LogP contribution in [-0.2, 0) is 4.79 Å². The van der Waals surface area contributed by atoms with Crippen LogP contribution in [0.15, 0.2) is 42.6 Å². The number of carbonyl (C=O) groups is 2. The number of anilines is 2. The molecule has 0 atom stereocenters. The van der Waals surface area contributed by atoms with Gasteiger partial charge in [0, 0.05) is 43.8 Å². The Balaban J connectivity index is 1.69. The average molecular weight is 328 g/mol. The minimum Gasteiger partial charge on any atom is -0.355 e. The van der Waals surface area contributed by atoms with Crippen LogP contribution in [0.25, 0.3) is 0 Å².